The zero-order valence-corrected chi connectivity index (χ0v) is 10.9. The molecule has 100 valence electrons. The zero-order chi connectivity index (χ0) is 13.2. The van der Waals surface area contributed by atoms with Crippen LogP contribution < -0.4 is 5.73 Å². The fourth-order valence-electron chi connectivity index (χ4n) is 2.79. The van der Waals surface area contributed by atoms with Crippen molar-refractivity contribution in [2.75, 3.05) is 13.1 Å². The molecule has 4 nitrogen and oxygen atoms in total. The van der Waals surface area contributed by atoms with Crippen molar-refractivity contribution in [3.8, 4) is 0 Å². The first-order valence-corrected chi connectivity index (χ1v) is 6.82. The number of para-hydroxylation sites is 1. The van der Waals surface area contributed by atoms with Gasteiger partial charge in [0.05, 0.1) is 6.42 Å². The van der Waals surface area contributed by atoms with Gasteiger partial charge in [0.2, 0.25) is 5.91 Å². The molecule has 1 atom stereocenters. The summed E-state index contributed by atoms with van der Waals surface area (Å²) in [6, 6.07) is 8.21. The standard InChI is InChI=1S/C15H19N3O/c16-12-4-3-7-18(10-12)15(19)8-11-9-17-14-6-2-1-5-13(11)14/h1-2,5-6,9,12,17H,3-4,7-8,10,16H2. The second-order valence-corrected chi connectivity index (χ2v) is 5.28. The molecule has 1 aromatic carbocycles. The Labute approximate surface area is 112 Å². The van der Waals surface area contributed by atoms with Crippen LogP contribution in [0.2, 0.25) is 0 Å². The molecule has 1 aromatic heterocycles. The first-order valence-electron chi connectivity index (χ1n) is 6.82. The van der Waals surface area contributed by atoms with E-state index in [2.05, 4.69) is 11.1 Å². The van der Waals surface area contributed by atoms with Crippen molar-refractivity contribution >= 4 is 16.8 Å². The summed E-state index contributed by atoms with van der Waals surface area (Å²) in [5.74, 6) is 0.180. The normalized spacial score (nSPS) is 19.8. The lowest BCUT2D eigenvalue weighted by molar-refractivity contribution is -0.131. The van der Waals surface area contributed by atoms with Crippen molar-refractivity contribution in [1.82, 2.24) is 9.88 Å². The molecule has 3 N–H and O–H groups in total. The SMILES string of the molecule is NC1CCCN(C(=O)Cc2c[nH]c3ccccc23)C1. The summed E-state index contributed by atoms with van der Waals surface area (Å²) in [7, 11) is 0. The van der Waals surface area contributed by atoms with Gasteiger partial charge in [-0.25, -0.2) is 0 Å². The molecule has 1 aliphatic heterocycles. The third-order valence-corrected chi connectivity index (χ3v) is 3.83. The van der Waals surface area contributed by atoms with Gasteiger partial charge in [0, 0.05) is 36.2 Å². The van der Waals surface area contributed by atoms with E-state index in [-0.39, 0.29) is 11.9 Å². The Bertz CT molecular complexity index is 590. The molecule has 2 heterocycles. The Morgan fingerprint density at radius 1 is 1.42 bits per heavy atom. The minimum Gasteiger partial charge on any atom is -0.361 e. The number of carbonyl (C=O) groups is 1. The predicted molar refractivity (Wildman–Crippen MR) is 75.8 cm³/mol. The molecule has 3 rings (SSSR count). The number of aromatic amines is 1. The molecule has 1 saturated heterocycles. The van der Waals surface area contributed by atoms with Gasteiger partial charge in [0.1, 0.15) is 0 Å². The van der Waals surface area contributed by atoms with Crippen LogP contribution in [0.3, 0.4) is 0 Å². The van der Waals surface area contributed by atoms with Gasteiger partial charge in [0.15, 0.2) is 0 Å². The lowest BCUT2D eigenvalue weighted by Gasteiger charge is -2.30. The number of nitrogens with one attached hydrogen (secondary N) is 1. The summed E-state index contributed by atoms with van der Waals surface area (Å²) >= 11 is 0. The van der Waals surface area contributed by atoms with Crippen LogP contribution in [0.15, 0.2) is 30.5 Å². The van der Waals surface area contributed by atoms with Crippen molar-refractivity contribution in [2.24, 2.45) is 5.73 Å². The highest BCUT2D eigenvalue weighted by Crippen LogP contribution is 2.19. The molecule has 0 bridgehead atoms. The molecule has 1 unspecified atom stereocenters. The van der Waals surface area contributed by atoms with Gasteiger partial charge in [-0.2, -0.15) is 0 Å². The highest BCUT2D eigenvalue weighted by molar-refractivity contribution is 5.88. The van der Waals surface area contributed by atoms with E-state index < -0.39 is 0 Å². The molecule has 19 heavy (non-hydrogen) atoms. The van der Waals surface area contributed by atoms with Crippen LogP contribution in [0, 0.1) is 0 Å². The summed E-state index contributed by atoms with van der Waals surface area (Å²) in [6.07, 6.45) is 4.43. The number of carbonyl (C=O) groups excluding carboxylic acids is 1. The number of likely N-dealkylation sites (tertiary alicyclic amines) is 1. The molecule has 1 amide bonds. The smallest absolute Gasteiger partial charge is 0.227 e. The van der Waals surface area contributed by atoms with Gasteiger partial charge in [-0.3, -0.25) is 4.79 Å². The Balaban J connectivity index is 1.75. The average Bonchev–Trinajstić information content (AvgIpc) is 2.82. The quantitative estimate of drug-likeness (QED) is 0.859. The van der Waals surface area contributed by atoms with Crippen LogP contribution in [0.25, 0.3) is 10.9 Å². The topological polar surface area (TPSA) is 62.1 Å². The second-order valence-electron chi connectivity index (χ2n) is 5.28. The third-order valence-electron chi connectivity index (χ3n) is 3.83. The number of piperidine rings is 1. The number of hydrogen-bond donors (Lipinski definition) is 2. The maximum absolute atomic E-state index is 12.3. The number of amides is 1. The summed E-state index contributed by atoms with van der Waals surface area (Å²) in [4.78, 5) is 17.4. The number of H-pyrrole nitrogens is 1. The van der Waals surface area contributed by atoms with Gasteiger partial charge in [-0.15, -0.1) is 0 Å². The second kappa shape index (κ2) is 5.05. The van der Waals surface area contributed by atoms with E-state index in [0.717, 1.165) is 35.9 Å². The lowest BCUT2D eigenvalue weighted by Crippen LogP contribution is -2.46. The number of nitrogens with two attached hydrogens (primary N) is 1. The molecule has 1 fully saturated rings. The first kappa shape index (κ1) is 12.2. The third kappa shape index (κ3) is 2.49. The van der Waals surface area contributed by atoms with Crippen molar-refractivity contribution < 1.29 is 4.79 Å². The Morgan fingerprint density at radius 2 is 2.26 bits per heavy atom. The Hall–Kier alpha value is -1.81. The number of aromatic nitrogens is 1. The number of benzene rings is 1. The summed E-state index contributed by atoms with van der Waals surface area (Å²) < 4.78 is 0. The molecule has 1 aliphatic rings. The van der Waals surface area contributed by atoms with Crippen LogP contribution >= 0.6 is 0 Å². The predicted octanol–water partition coefficient (Wildman–Crippen LogP) is 1.66. The highest BCUT2D eigenvalue weighted by Gasteiger charge is 2.21. The van der Waals surface area contributed by atoms with E-state index in [1.54, 1.807) is 0 Å². The molecule has 0 radical (unpaired) electrons. The van der Waals surface area contributed by atoms with E-state index in [0.29, 0.717) is 13.0 Å². The Morgan fingerprint density at radius 3 is 3.11 bits per heavy atom. The van der Waals surface area contributed by atoms with Gasteiger partial charge in [-0.05, 0) is 24.5 Å². The minimum atomic E-state index is 0.140. The highest BCUT2D eigenvalue weighted by atomic mass is 16.2. The van der Waals surface area contributed by atoms with Gasteiger partial charge < -0.3 is 15.6 Å². The van der Waals surface area contributed by atoms with Gasteiger partial charge >= 0.3 is 0 Å². The van der Waals surface area contributed by atoms with Crippen LogP contribution in [0.4, 0.5) is 0 Å². The number of nitrogens with zero attached hydrogens (tertiary/aromatic N) is 1. The number of hydrogen-bond acceptors (Lipinski definition) is 2. The molecular weight excluding hydrogens is 238 g/mol. The maximum atomic E-state index is 12.3. The van der Waals surface area contributed by atoms with Gasteiger partial charge in [0.25, 0.3) is 0 Å². The number of rotatable bonds is 2. The van der Waals surface area contributed by atoms with Crippen molar-refractivity contribution in [3.63, 3.8) is 0 Å². The average molecular weight is 257 g/mol. The van der Waals surface area contributed by atoms with Crippen molar-refractivity contribution in [3.05, 3.63) is 36.0 Å². The molecule has 0 aliphatic carbocycles. The molecule has 0 saturated carbocycles. The monoisotopic (exact) mass is 257 g/mol. The van der Waals surface area contributed by atoms with Crippen LogP contribution in [0.1, 0.15) is 18.4 Å². The van der Waals surface area contributed by atoms with Crippen LogP contribution in [0.5, 0.6) is 0 Å². The summed E-state index contributed by atoms with van der Waals surface area (Å²) in [6.45, 7) is 1.54. The lowest BCUT2D eigenvalue weighted by atomic mass is 10.0. The fraction of sp³-hybridized carbons (Fsp3) is 0.400. The largest absolute Gasteiger partial charge is 0.361 e. The van der Waals surface area contributed by atoms with Crippen LogP contribution in [-0.4, -0.2) is 34.9 Å². The summed E-state index contributed by atoms with van der Waals surface area (Å²) in [5, 5.41) is 1.14. The molecule has 4 heteroatoms. The fourth-order valence-corrected chi connectivity index (χ4v) is 2.79. The Kier molecular flexibility index (Phi) is 3.25. The molecular formula is C15H19N3O. The first-order chi connectivity index (χ1) is 9.24. The van der Waals surface area contributed by atoms with Crippen molar-refractivity contribution in [2.45, 2.75) is 25.3 Å². The van der Waals surface area contributed by atoms with Gasteiger partial charge in [-0.1, -0.05) is 18.2 Å². The van der Waals surface area contributed by atoms with E-state index in [4.69, 9.17) is 5.73 Å². The van der Waals surface area contributed by atoms with Crippen molar-refractivity contribution in [1.29, 1.82) is 0 Å². The van der Waals surface area contributed by atoms with Crippen LogP contribution in [-0.2, 0) is 11.2 Å². The maximum Gasteiger partial charge on any atom is 0.227 e. The van der Waals surface area contributed by atoms with E-state index in [1.165, 1.54) is 0 Å². The van der Waals surface area contributed by atoms with E-state index in [9.17, 15) is 4.79 Å². The zero-order valence-electron chi connectivity index (χ0n) is 10.9. The van der Waals surface area contributed by atoms with E-state index in [1.807, 2.05) is 29.3 Å². The van der Waals surface area contributed by atoms with E-state index >= 15 is 0 Å². The number of fused-ring (bicyclic) bond motifs is 1. The molecule has 2 aromatic rings. The molecule has 0 spiro atoms. The summed E-state index contributed by atoms with van der Waals surface area (Å²) in [5.41, 5.74) is 8.08. The minimum absolute atomic E-state index is 0.140.